The highest BCUT2D eigenvalue weighted by Gasteiger charge is 2.48. The van der Waals surface area contributed by atoms with Gasteiger partial charge in [-0.1, -0.05) is 0 Å². The first-order valence-electron chi connectivity index (χ1n) is 6.25. The molecule has 0 atom stereocenters. The highest BCUT2D eigenvalue weighted by atomic mass is 32.2. The van der Waals surface area contributed by atoms with Gasteiger partial charge in [-0.2, -0.15) is 0 Å². The fourth-order valence-electron chi connectivity index (χ4n) is 2.01. The Labute approximate surface area is 113 Å². The number of hydrogen-bond acceptors (Lipinski definition) is 5. The van der Waals surface area contributed by atoms with E-state index in [2.05, 4.69) is 10.1 Å². The molecule has 0 aliphatic heterocycles. The highest BCUT2D eigenvalue weighted by Crippen LogP contribution is 2.50. The van der Waals surface area contributed by atoms with E-state index in [0.29, 0.717) is 12.8 Å². The number of esters is 1. The molecule has 0 saturated heterocycles. The number of methoxy groups -OCH3 is 1. The largest absolute Gasteiger partial charge is 0.469 e. The van der Waals surface area contributed by atoms with E-state index in [-0.39, 0.29) is 18.2 Å². The van der Waals surface area contributed by atoms with Gasteiger partial charge in [-0.25, -0.2) is 8.42 Å². The normalized spacial score (nSPS) is 17.1. The third-order valence-electron chi connectivity index (χ3n) is 3.03. The molecular formula is C12H21NO5S. The summed E-state index contributed by atoms with van der Waals surface area (Å²) in [7, 11) is -2.21. The van der Waals surface area contributed by atoms with Gasteiger partial charge < -0.3 is 10.1 Å². The lowest BCUT2D eigenvalue weighted by molar-refractivity contribution is -0.141. The molecule has 7 heteroatoms. The molecule has 110 valence electrons. The van der Waals surface area contributed by atoms with Crippen LogP contribution in [0.5, 0.6) is 0 Å². The number of hydrogen-bond donors (Lipinski definition) is 1. The molecule has 0 spiro atoms. The van der Waals surface area contributed by atoms with Crippen LogP contribution in [0.2, 0.25) is 0 Å². The van der Waals surface area contributed by atoms with Gasteiger partial charge in [-0.15, -0.1) is 0 Å². The van der Waals surface area contributed by atoms with Crippen LogP contribution in [0.25, 0.3) is 0 Å². The first kappa shape index (κ1) is 15.9. The molecule has 0 radical (unpaired) electrons. The zero-order valence-electron chi connectivity index (χ0n) is 11.6. The van der Waals surface area contributed by atoms with Gasteiger partial charge in [0.2, 0.25) is 5.91 Å². The summed E-state index contributed by atoms with van der Waals surface area (Å²) in [6.45, 7) is 3.54. The van der Waals surface area contributed by atoms with Gasteiger partial charge in [0.15, 0.2) is 9.84 Å². The number of ether oxygens (including phenoxy) is 1. The van der Waals surface area contributed by atoms with Gasteiger partial charge in [0.05, 0.1) is 19.3 Å². The predicted molar refractivity (Wildman–Crippen MR) is 70.2 cm³/mol. The van der Waals surface area contributed by atoms with Gasteiger partial charge in [0.1, 0.15) is 5.75 Å². The van der Waals surface area contributed by atoms with Crippen molar-refractivity contribution in [2.75, 3.05) is 18.6 Å². The predicted octanol–water partition coefficient (Wildman–Crippen LogP) is 0.269. The van der Waals surface area contributed by atoms with E-state index in [1.54, 1.807) is 13.8 Å². The fraction of sp³-hybridized carbons (Fsp3) is 0.833. The summed E-state index contributed by atoms with van der Waals surface area (Å²) in [4.78, 5) is 22.7. The minimum Gasteiger partial charge on any atom is -0.469 e. The lowest BCUT2D eigenvalue weighted by atomic mass is 10.1. The summed E-state index contributed by atoms with van der Waals surface area (Å²) in [5.41, 5.74) is -0.510. The minimum atomic E-state index is -3.50. The lowest BCUT2D eigenvalue weighted by Gasteiger charge is -2.14. The van der Waals surface area contributed by atoms with Gasteiger partial charge in [0.25, 0.3) is 0 Å². The molecule has 0 heterocycles. The molecule has 0 unspecified atom stereocenters. The van der Waals surface area contributed by atoms with Gasteiger partial charge >= 0.3 is 5.97 Å². The van der Waals surface area contributed by atoms with Crippen LogP contribution in [0.4, 0.5) is 0 Å². The van der Waals surface area contributed by atoms with E-state index >= 15 is 0 Å². The summed E-state index contributed by atoms with van der Waals surface area (Å²) in [6, 6.07) is -0.0901. The van der Waals surface area contributed by atoms with Crippen molar-refractivity contribution in [3.8, 4) is 0 Å². The van der Waals surface area contributed by atoms with Crippen molar-refractivity contribution in [2.45, 2.75) is 39.2 Å². The first-order chi connectivity index (χ1) is 8.68. The number of carbonyl (C=O) groups excluding carboxylic acids is 2. The molecule has 1 rings (SSSR count). The first-order valence-corrected chi connectivity index (χ1v) is 8.07. The number of amides is 1. The molecule has 1 amide bonds. The zero-order chi connectivity index (χ0) is 14.7. The lowest BCUT2D eigenvalue weighted by Crippen LogP contribution is -2.37. The standard InChI is InChI=1S/C12H21NO5S/c1-9(2)13-10(14)7-19(16,17)8-12(4-5-12)6-11(15)18-3/h9H,4-8H2,1-3H3,(H,13,14). The van der Waals surface area contributed by atoms with Crippen LogP contribution in [-0.2, 0) is 24.2 Å². The van der Waals surface area contributed by atoms with E-state index < -0.39 is 32.9 Å². The van der Waals surface area contributed by atoms with Crippen LogP contribution in [0, 0.1) is 5.41 Å². The molecule has 19 heavy (non-hydrogen) atoms. The van der Waals surface area contributed by atoms with E-state index in [0.717, 1.165) is 0 Å². The molecule has 1 fully saturated rings. The quantitative estimate of drug-likeness (QED) is 0.680. The minimum absolute atomic E-state index is 0.0901. The van der Waals surface area contributed by atoms with Gasteiger partial charge in [-0.05, 0) is 32.1 Å². The average Bonchev–Trinajstić information content (AvgIpc) is 2.93. The number of carbonyl (C=O) groups is 2. The van der Waals surface area contributed by atoms with Crippen molar-refractivity contribution in [1.29, 1.82) is 0 Å². The molecule has 1 N–H and O–H groups in total. The molecule has 0 aromatic carbocycles. The Balaban J connectivity index is 2.55. The summed E-state index contributed by atoms with van der Waals surface area (Å²) >= 11 is 0. The molecule has 6 nitrogen and oxygen atoms in total. The molecular weight excluding hydrogens is 270 g/mol. The van der Waals surface area contributed by atoms with E-state index in [9.17, 15) is 18.0 Å². The molecule has 0 bridgehead atoms. The van der Waals surface area contributed by atoms with E-state index in [1.807, 2.05) is 0 Å². The highest BCUT2D eigenvalue weighted by molar-refractivity contribution is 7.92. The Morgan fingerprint density at radius 1 is 1.32 bits per heavy atom. The van der Waals surface area contributed by atoms with Crippen LogP contribution >= 0.6 is 0 Å². The average molecular weight is 291 g/mol. The summed E-state index contributed by atoms with van der Waals surface area (Å²) in [6.07, 6.45) is 1.48. The third-order valence-corrected chi connectivity index (χ3v) is 4.79. The van der Waals surface area contributed by atoms with Crippen molar-refractivity contribution in [2.24, 2.45) is 5.41 Å². The summed E-state index contributed by atoms with van der Waals surface area (Å²) in [5.74, 6) is -1.54. The second kappa shape index (κ2) is 5.90. The molecule has 1 saturated carbocycles. The van der Waals surface area contributed by atoms with Gasteiger partial charge in [0, 0.05) is 6.04 Å². The topological polar surface area (TPSA) is 89.5 Å². The third kappa shape index (κ3) is 5.59. The maximum atomic E-state index is 11.9. The van der Waals surface area contributed by atoms with Crippen LogP contribution in [0.15, 0.2) is 0 Å². The second-order valence-electron chi connectivity index (χ2n) is 5.51. The van der Waals surface area contributed by atoms with Crippen molar-refractivity contribution >= 4 is 21.7 Å². The van der Waals surface area contributed by atoms with Crippen molar-refractivity contribution in [3.63, 3.8) is 0 Å². The Kier molecular flexibility index (Phi) is 4.95. The Hall–Kier alpha value is -1.11. The van der Waals surface area contributed by atoms with Crippen molar-refractivity contribution < 1.29 is 22.7 Å². The van der Waals surface area contributed by atoms with Crippen LogP contribution in [0.3, 0.4) is 0 Å². The van der Waals surface area contributed by atoms with Crippen LogP contribution in [-0.4, -0.2) is 45.0 Å². The summed E-state index contributed by atoms with van der Waals surface area (Å²) in [5, 5.41) is 2.55. The Morgan fingerprint density at radius 2 is 1.89 bits per heavy atom. The molecule has 1 aliphatic rings. The Bertz CT molecular complexity index is 451. The maximum absolute atomic E-state index is 11.9. The SMILES string of the molecule is COC(=O)CC1(CS(=O)(=O)CC(=O)NC(C)C)CC1. The fourth-order valence-corrected chi connectivity index (χ4v) is 3.92. The van der Waals surface area contributed by atoms with Crippen LogP contribution in [0.1, 0.15) is 33.1 Å². The van der Waals surface area contributed by atoms with Gasteiger partial charge in [-0.3, -0.25) is 9.59 Å². The van der Waals surface area contributed by atoms with Crippen molar-refractivity contribution in [3.05, 3.63) is 0 Å². The second-order valence-corrected chi connectivity index (χ2v) is 7.57. The zero-order valence-corrected chi connectivity index (χ0v) is 12.4. The smallest absolute Gasteiger partial charge is 0.306 e. The van der Waals surface area contributed by atoms with Crippen LogP contribution < -0.4 is 5.32 Å². The van der Waals surface area contributed by atoms with Crippen molar-refractivity contribution in [1.82, 2.24) is 5.32 Å². The molecule has 0 aromatic rings. The van der Waals surface area contributed by atoms with E-state index in [4.69, 9.17) is 0 Å². The Morgan fingerprint density at radius 3 is 2.32 bits per heavy atom. The number of nitrogens with one attached hydrogen (secondary N) is 1. The monoisotopic (exact) mass is 291 g/mol. The molecule has 0 aromatic heterocycles. The number of sulfone groups is 1. The van der Waals surface area contributed by atoms with E-state index in [1.165, 1.54) is 7.11 Å². The maximum Gasteiger partial charge on any atom is 0.306 e. The molecule has 1 aliphatic carbocycles. The summed E-state index contributed by atoms with van der Waals surface area (Å²) < 4.78 is 28.4. The number of rotatable bonds is 7.